The molecule has 0 unspecified atom stereocenters. The van der Waals surface area contributed by atoms with Crippen LogP contribution in [0.25, 0.3) is 0 Å². The van der Waals surface area contributed by atoms with E-state index in [1.807, 2.05) is 12.1 Å². The lowest BCUT2D eigenvalue weighted by atomic mass is 9.85. The summed E-state index contributed by atoms with van der Waals surface area (Å²) in [6, 6.07) is 7.81. The van der Waals surface area contributed by atoms with E-state index in [4.69, 9.17) is 5.73 Å². The molecule has 0 heterocycles. The molecule has 1 fully saturated rings. The normalized spacial score (nSPS) is 20.0. The number of nitrogens with two attached hydrogens (primary N) is 1. The number of likely N-dealkylation sites (N-methyl/N-ethyl adjacent to an activating group) is 1. The number of benzene rings is 1. The maximum absolute atomic E-state index is 12.1. The van der Waals surface area contributed by atoms with E-state index in [1.165, 1.54) is 30.6 Å². The van der Waals surface area contributed by atoms with E-state index in [1.54, 1.807) is 31.1 Å². The van der Waals surface area contributed by atoms with Gasteiger partial charge in [0.1, 0.15) is 0 Å². The average molecular weight is 361 g/mol. The number of hydrogen-bond acceptors (Lipinski definition) is 4. The second-order valence-electron chi connectivity index (χ2n) is 7.44. The predicted octanol–water partition coefficient (Wildman–Crippen LogP) is 1.80. The molecule has 2 amide bonds. The molecular weight excluding hydrogens is 328 g/mol. The van der Waals surface area contributed by atoms with Crippen LogP contribution >= 0.6 is 0 Å². The molecule has 6 nitrogen and oxygen atoms in total. The fourth-order valence-corrected chi connectivity index (χ4v) is 3.59. The maximum atomic E-state index is 12.1. The molecule has 1 saturated carbocycles. The zero-order valence-electron chi connectivity index (χ0n) is 16.2. The summed E-state index contributed by atoms with van der Waals surface area (Å²) in [5, 5.41) is 0. The Hall–Kier alpha value is -1.92. The van der Waals surface area contributed by atoms with Gasteiger partial charge < -0.3 is 20.4 Å². The lowest BCUT2D eigenvalue weighted by Crippen LogP contribution is -2.41. The zero-order chi connectivity index (χ0) is 19.1. The molecule has 0 aromatic heterocycles. The minimum Gasteiger partial charge on any atom is -0.345 e. The lowest BCUT2D eigenvalue weighted by Gasteiger charge is -2.35. The molecule has 26 heavy (non-hydrogen) atoms. The average Bonchev–Trinajstić information content (AvgIpc) is 2.67. The van der Waals surface area contributed by atoms with E-state index >= 15 is 0 Å². The molecule has 0 spiro atoms. The van der Waals surface area contributed by atoms with Crippen LogP contribution in [0, 0.1) is 5.92 Å². The van der Waals surface area contributed by atoms with E-state index in [0.717, 1.165) is 25.2 Å². The van der Waals surface area contributed by atoms with Gasteiger partial charge in [0, 0.05) is 44.5 Å². The second kappa shape index (κ2) is 9.69. The highest BCUT2D eigenvalue weighted by Gasteiger charge is 2.23. The highest BCUT2D eigenvalue weighted by molar-refractivity contribution is 5.95. The number of rotatable bonds is 8. The Morgan fingerprint density at radius 1 is 1.15 bits per heavy atom. The van der Waals surface area contributed by atoms with Gasteiger partial charge in [0.15, 0.2) is 0 Å². The van der Waals surface area contributed by atoms with Gasteiger partial charge >= 0.3 is 0 Å². The molecule has 1 aromatic carbocycles. The molecule has 6 heteroatoms. The molecule has 2 rings (SSSR count). The van der Waals surface area contributed by atoms with Crippen molar-refractivity contribution in [2.24, 2.45) is 11.7 Å². The first kappa shape index (κ1) is 20.4. The summed E-state index contributed by atoms with van der Waals surface area (Å²) >= 11 is 0. The quantitative estimate of drug-likeness (QED) is 0.718. The lowest BCUT2D eigenvalue weighted by molar-refractivity contribution is -0.107. The van der Waals surface area contributed by atoms with Gasteiger partial charge in [0.25, 0.3) is 5.91 Å². The van der Waals surface area contributed by atoms with E-state index in [0.29, 0.717) is 24.1 Å². The van der Waals surface area contributed by atoms with Crippen molar-refractivity contribution in [2.75, 3.05) is 45.7 Å². The van der Waals surface area contributed by atoms with E-state index < -0.39 is 0 Å². The summed E-state index contributed by atoms with van der Waals surface area (Å²) in [4.78, 5) is 29.3. The molecule has 1 aliphatic rings. The third-order valence-corrected chi connectivity index (χ3v) is 5.42. The minimum atomic E-state index is -0.0634. The molecular formula is C20H32N4O2. The third-order valence-electron chi connectivity index (χ3n) is 5.42. The van der Waals surface area contributed by atoms with Gasteiger partial charge in [-0.15, -0.1) is 0 Å². The fourth-order valence-electron chi connectivity index (χ4n) is 3.59. The number of nitrogens with zero attached hydrogens (tertiary/aromatic N) is 3. The summed E-state index contributed by atoms with van der Waals surface area (Å²) in [6.45, 7) is 2.20. The van der Waals surface area contributed by atoms with Crippen molar-refractivity contribution in [3.05, 3.63) is 29.8 Å². The first-order valence-corrected chi connectivity index (χ1v) is 9.40. The van der Waals surface area contributed by atoms with Crippen LogP contribution in [0.1, 0.15) is 36.0 Å². The van der Waals surface area contributed by atoms with Crippen LogP contribution in [-0.4, -0.2) is 68.9 Å². The maximum Gasteiger partial charge on any atom is 0.253 e. The van der Waals surface area contributed by atoms with Crippen molar-refractivity contribution < 1.29 is 9.59 Å². The highest BCUT2D eigenvalue weighted by Crippen LogP contribution is 2.26. The minimum absolute atomic E-state index is 0.0634. The van der Waals surface area contributed by atoms with Gasteiger partial charge in [-0.25, -0.2) is 0 Å². The summed E-state index contributed by atoms with van der Waals surface area (Å²) in [7, 11) is 5.57. The van der Waals surface area contributed by atoms with E-state index in [2.05, 4.69) is 11.9 Å². The number of anilines is 1. The largest absolute Gasteiger partial charge is 0.345 e. The molecule has 144 valence electrons. The van der Waals surface area contributed by atoms with Gasteiger partial charge in [0.05, 0.1) is 0 Å². The summed E-state index contributed by atoms with van der Waals surface area (Å²) in [5.41, 5.74) is 7.12. The van der Waals surface area contributed by atoms with Gasteiger partial charge in [-0.1, -0.05) is 6.07 Å². The van der Waals surface area contributed by atoms with Crippen LogP contribution < -0.4 is 10.6 Å². The van der Waals surface area contributed by atoms with E-state index in [9.17, 15) is 9.59 Å². The summed E-state index contributed by atoms with van der Waals surface area (Å²) < 4.78 is 0. The summed E-state index contributed by atoms with van der Waals surface area (Å²) in [5.74, 6) is 0.606. The molecule has 0 aliphatic heterocycles. The number of hydrogen-bond donors (Lipinski definition) is 1. The smallest absolute Gasteiger partial charge is 0.253 e. The molecule has 1 aliphatic carbocycles. The predicted molar refractivity (Wildman–Crippen MR) is 105 cm³/mol. The van der Waals surface area contributed by atoms with E-state index in [-0.39, 0.29) is 5.91 Å². The molecule has 2 N–H and O–H groups in total. The van der Waals surface area contributed by atoms with Gasteiger partial charge in [0.2, 0.25) is 6.41 Å². The monoisotopic (exact) mass is 360 g/mol. The number of amides is 2. The van der Waals surface area contributed by atoms with Crippen LogP contribution in [0.5, 0.6) is 0 Å². The van der Waals surface area contributed by atoms with Crippen LogP contribution in [-0.2, 0) is 4.79 Å². The van der Waals surface area contributed by atoms with Crippen molar-refractivity contribution >= 4 is 18.0 Å². The van der Waals surface area contributed by atoms with Crippen molar-refractivity contribution in [3.8, 4) is 0 Å². The second-order valence-corrected chi connectivity index (χ2v) is 7.44. The molecule has 1 aromatic rings. The summed E-state index contributed by atoms with van der Waals surface area (Å²) in [6.07, 6.45) is 5.58. The Labute approximate surface area is 156 Å². The molecule has 0 radical (unpaired) electrons. The molecule has 0 atom stereocenters. The zero-order valence-corrected chi connectivity index (χ0v) is 16.2. The van der Waals surface area contributed by atoms with Crippen LogP contribution in [0.2, 0.25) is 0 Å². The molecule has 0 saturated heterocycles. The van der Waals surface area contributed by atoms with Crippen molar-refractivity contribution in [2.45, 2.75) is 31.7 Å². The van der Waals surface area contributed by atoms with Crippen molar-refractivity contribution in [3.63, 3.8) is 0 Å². The highest BCUT2D eigenvalue weighted by atomic mass is 16.2. The Kier molecular flexibility index (Phi) is 7.60. The Balaban J connectivity index is 1.94. The SMILES string of the molecule is CN(C)C(=O)c1cccc(N(C=O)CCN(C)C2CCC(CN)CC2)c1. The van der Waals surface area contributed by atoms with Crippen molar-refractivity contribution in [1.82, 2.24) is 9.80 Å². The topological polar surface area (TPSA) is 69.9 Å². The standard InChI is InChI=1S/C20H32N4O2/c1-22(2)20(26)17-5-4-6-19(13-17)24(15-25)12-11-23(3)18-9-7-16(14-21)8-10-18/h4-6,13,15-16,18H,7-12,14,21H2,1-3H3. The fraction of sp³-hybridized carbons (Fsp3) is 0.600. The van der Waals surface area contributed by atoms with Gasteiger partial charge in [-0.3, -0.25) is 9.59 Å². The van der Waals surface area contributed by atoms with Crippen LogP contribution in [0.15, 0.2) is 24.3 Å². The molecule has 0 bridgehead atoms. The number of carbonyl (C=O) groups excluding carboxylic acids is 2. The van der Waals surface area contributed by atoms with Gasteiger partial charge in [-0.05, 0) is 63.4 Å². The van der Waals surface area contributed by atoms with Crippen LogP contribution in [0.4, 0.5) is 5.69 Å². The van der Waals surface area contributed by atoms with Crippen LogP contribution in [0.3, 0.4) is 0 Å². The first-order valence-electron chi connectivity index (χ1n) is 9.40. The first-order chi connectivity index (χ1) is 12.5. The Morgan fingerprint density at radius 2 is 1.85 bits per heavy atom. The van der Waals surface area contributed by atoms with Gasteiger partial charge in [-0.2, -0.15) is 0 Å². The number of carbonyl (C=O) groups is 2. The third kappa shape index (κ3) is 5.29. The Bertz CT molecular complexity index is 597. The van der Waals surface area contributed by atoms with Crippen molar-refractivity contribution in [1.29, 1.82) is 0 Å². The Morgan fingerprint density at radius 3 is 2.42 bits per heavy atom.